The quantitative estimate of drug-likeness (QED) is 0.161. The van der Waals surface area contributed by atoms with Crippen LogP contribution >= 0.6 is 0 Å². The number of benzene rings is 2. The summed E-state index contributed by atoms with van der Waals surface area (Å²) in [7, 11) is 0. The molecule has 0 aliphatic carbocycles. The normalized spacial score (nSPS) is 12.1. The summed E-state index contributed by atoms with van der Waals surface area (Å²) in [6.07, 6.45) is 2.17. The van der Waals surface area contributed by atoms with Crippen molar-refractivity contribution in [1.82, 2.24) is 25.6 Å². The van der Waals surface area contributed by atoms with Crippen molar-refractivity contribution in [3.63, 3.8) is 0 Å². The van der Waals surface area contributed by atoms with Crippen molar-refractivity contribution >= 4 is 23.4 Å². The van der Waals surface area contributed by atoms with E-state index < -0.39 is 0 Å². The predicted octanol–water partition coefficient (Wildman–Crippen LogP) is 3.75. The highest BCUT2D eigenvalue weighted by Crippen LogP contribution is 2.41. The molecule has 0 saturated carbocycles. The summed E-state index contributed by atoms with van der Waals surface area (Å²) in [6, 6.07) is 15.7. The molecule has 1 aliphatic rings. The SMILES string of the molecule is CCCCNC(=O)CCC(=O)N1Cc2ccccc2-c2c(nnn2CCOCCOCCOCCNC(=O)COC(C)C)-c2ccccc21. The van der Waals surface area contributed by atoms with E-state index in [2.05, 4.69) is 27.9 Å². The molecule has 0 bridgehead atoms. The van der Waals surface area contributed by atoms with Gasteiger partial charge in [0.2, 0.25) is 17.7 Å². The maximum absolute atomic E-state index is 13.6. The molecular formula is C36H50N6O7. The number of aromatic nitrogens is 3. The van der Waals surface area contributed by atoms with Gasteiger partial charge in [0, 0.05) is 37.1 Å². The standard InChI is InChI=1S/C36H50N6O7/c1-4-5-16-37-32(43)14-15-34(45)41-25-28-10-6-7-11-29(28)36-35(30-12-8-9-13-31(30)41)39-40-42(36)18-20-47-22-24-48-23-21-46-19-17-38-33(44)26-49-27(2)3/h6-13,27H,4-5,14-26H2,1-3H3,(H,37,43)(H,38,44). The van der Waals surface area contributed by atoms with Gasteiger partial charge in [-0.1, -0.05) is 61.0 Å². The maximum Gasteiger partial charge on any atom is 0.246 e. The Bertz CT molecular complexity index is 1490. The van der Waals surface area contributed by atoms with Gasteiger partial charge in [0.05, 0.1) is 70.2 Å². The average Bonchev–Trinajstić information content (AvgIpc) is 3.51. The van der Waals surface area contributed by atoms with Crippen LogP contribution in [0.5, 0.6) is 0 Å². The van der Waals surface area contributed by atoms with E-state index >= 15 is 0 Å². The fourth-order valence-electron chi connectivity index (χ4n) is 5.29. The molecule has 266 valence electrons. The van der Waals surface area contributed by atoms with Crippen molar-refractivity contribution in [1.29, 1.82) is 0 Å². The highest BCUT2D eigenvalue weighted by Gasteiger charge is 2.29. The summed E-state index contributed by atoms with van der Waals surface area (Å²) in [5.74, 6) is -0.396. The van der Waals surface area contributed by atoms with Crippen LogP contribution in [0.15, 0.2) is 48.5 Å². The predicted molar refractivity (Wildman–Crippen MR) is 186 cm³/mol. The number of carbonyl (C=O) groups is 3. The van der Waals surface area contributed by atoms with Crippen LogP contribution in [0.2, 0.25) is 0 Å². The Morgan fingerprint density at radius 3 is 2.24 bits per heavy atom. The number of fused-ring (bicyclic) bond motifs is 5. The van der Waals surface area contributed by atoms with Crippen molar-refractivity contribution in [3.8, 4) is 22.5 Å². The van der Waals surface area contributed by atoms with Gasteiger partial charge in [-0.3, -0.25) is 14.4 Å². The van der Waals surface area contributed by atoms with Crippen molar-refractivity contribution in [3.05, 3.63) is 54.1 Å². The topological polar surface area (TPSA) is 146 Å². The third kappa shape index (κ3) is 11.7. The van der Waals surface area contributed by atoms with Gasteiger partial charge in [0.25, 0.3) is 0 Å². The third-order valence-corrected chi connectivity index (χ3v) is 7.81. The second kappa shape index (κ2) is 20.4. The highest BCUT2D eigenvalue weighted by molar-refractivity contribution is 6.01. The largest absolute Gasteiger partial charge is 0.377 e. The molecule has 0 radical (unpaired) electrons. The van der Waals surface area contributed by atoms with Crippen molar-refractivity contribution in [2.75, 3.05) is 64.2 Å². The van der Waals surface area contributed by atoms with Crippen LogP contribution in [-0.2, 0) is 46.4 Å². The van der Waals surface area contributed by atoms with E-state index in [9.17, 15) is 14.4 Å². The van der Waals surface area contributed by atoms with Gasteiger partial charge in [-0.25, -0.2) is 4.68 Å². The lowest BCUT2D eigenvalue weighted by molar-refractivity contribution is -0.127. The molecule has 4 rings (SSSR count). The molecule has 2 N–H and O–H groups in total. The summed E-state index contributed by atoms with van der Waals surface area (Å²) in [5, 5.41) is 14.7. The zero-order chi connectivity index (χ0) is 34.8. The number of unbranched alkanes of at least 4 members (excludes halogenated alkanes) is 1. The highest BCUT2D eigenvalue weighted by atomic mass is 16.5. The number of anilines is 1. The number of nitrogens with zero attached hydrogens (tertiary/aromatic N) is 4. The summed E-state index contributed by atoms with van der Waals surface area (Å²) in [6.45, 7) is 10.2. The lowest BCUT2D eigenvalue weighted by Crippen LogP contribution is -2.33. The Kier molecular flexibility index (Phi) is 15.6. The Morgan fingerprint density at radius 1 is 0.816 bits per heavy atom. The monoisotopic (exact) mass is 678 g/mol. The summed E-state index contributed by atoms with van der Waals surface area (Å²) < 4.78 is 24.1. The van der Waals surface area contributed by atoms with Gasteiger partial charge in [0.15, 0.2) is 0 Å². The third-order valence-electron chi connectivity index (χ3n) is 7.81. The first kappa shape index (κ1) is 37.6. The first-order chi connectivity index (χ1) is 23.9. The number of carbonyl (C=O) groups excluding carboxylic acids is 3. The molecule has 3 aromatic rings. The number of ether oxygens (including phenoxy) is 4. The fourth-order valence-corrected chi connectivity index (χ4v) is 5.29. The zero-order valence-electron chi connectivity index (χ0n) is 28.9. The number of rotatable bonds is 21. The Balaban J connectivity index is 1.28. The van der Waals surface area contributed by atoms with Gasteiger partial charge in [0.1, 0.15) is 12.3 Å². The zero-order valence-corrected chi connectivity index (χ0v) is 28.9. The van der Waals surface area contributed by atoms with E-state index in [-0.39, 0.29) is 43.3 Å². The van der Waals surface area contributed by atoms with Gasteiger partial charge >= 0.3 is 0 Å². The molecule has 1 aromatic heterocycles. The molecule has 2 aromatic carbocycles. The van der Waals surface area contributed by atoms with E-state index in [1.54, 1.807) is 4.90 Å². The molecule has 49 heavy (non-hydrogen) atoms. The second-order valence-corrected chi connectivity index (χ2v) is 11.9. The van der Waals surface area contributed by atoms with Gasteiger partial charge in [-0.15, -0.1) is 5.10 Å². The molecular weight excluding hydrogens is 628 g/mol. The van der Waals surface area contributed by atoms with Crippen molar-refractivity contribution in [2.45, 2.75) is 65.6 Å². The van der Waals surface area contributed by atoms with E-state index in [0.717, 1.165) is 40.9 Å². The van der Waals surface area contributed by atoms with E-state index in [4.69, 9.17) is 18.9 Å². The van der Waals surface area contributed by atoms with Gasteiger partial charge in [-0.05, 0) is 31.9 Å². The molecule has 0 spiro atoms. The van der Waals surface area contributed by atoms with Gasteiger partial charge in [-0.2, -0.15) is 0 Å². The number of amides is 3. The minimum absolute atomic E-state index is 0.0146. The Hall–Kier alpha value is -4.17. The smallest absolute Gasteiger partial charge is 0.246 e. The average molecular weight is 679 g/mol. The second-order valence-electron chi connectivity index (χ2n) is 11.9. The summed E-state index contributed by atoms with van der Waals surface area (Å²) >= 11 is 0. The minimum atomic E-state index is -0.160. The molecule has 13 heteroatoms. The fraction of sp³-hybridized carbons (Fsp3) is 0.528. The Labute approximate surface area is 288 Å². The summed E-state index contributed by atoms with van der Waals surface area (Å²) in [4.78, 5) is 39.4. The maximum atomic E-state index is 13.6. The Morgan fingerprint density at radius 2 is 1.49 bits per heavy atom. The molecule has 0 saturated heterocycles. The molecule has 1 aliphatic heterocycles. The molecule has 2 heterocycles. The number of hydrogen-bond donors (Lipinski definition) is 2. The molecule has 0 fully saturated rings. The van der Waals surface area contributed by atoms with Crippen LogP contribution in [0.1, 0.15) is 52.0 Å². The van der Waals surface area contributed by atoms with E-state index in [1.165, 1.54) is 0 Å². The lowest BCUT2D eigenvalue weighted by atomic mass is 9.95. The van der Waals surface area contributed by atoms with Crippen LogP contribution in [0, 0.1) is 0 Å². The molecule has 0 unspecified atom stereocenters. The minimum Gasteiger partial charge on any atom is -0.377 e. The van der Waals surface area contributed by atoms with E-state index in [0.29, 0.717) is 71.5 Å². The van der Waals surface area contributed by atoms with Crippen molar-refractivity contribution in [2.24, 2.45) is 0 Å². The van der Waals surface area contributed by atoms with Crippen LogP contribution in [-0.4, -0.2) is 98.2 Å². The lowest BCUT2D eigenvalue weighted by Gasteiger charge is -2.28. The number of hydrogen-bond acceptors (Lipinski definition) is 9. The van der Waals surface area contributed by atoms with Gasteiger partial charge < -0.3 is 34.5 Å². The summed E-state index contributed by atoms with van der Waals surface area (Å²) in [5.41, 5.74) is 4.99. The van der Waals surface area contributed by atoms with E-state index in [1.807, 2.05) is 67.1 Å². The molecule has 13 nitrogen and oxygen atoms in total. The molecule has 3 amide bonds. The van der Waals surface area contributed by atoms with Crippen LogP contribution in [0.4, 0.5) is 5.69 Å². The van der Waals surface area contributed by atoms with Crippen molar-refractivity contribution < 1.29 is 33.3 Å². The van der Waals surface area contributed by atoms with Crippen LogP contribution < -0.4 is 15.5 Å². The van der Waals surface area contributed by atoms with Crippen LogP contribution in [0.25, 0.3) is 22.5 Å². The number of nitrogens with one attached hydrogen (secondary N) is 2. The molecule has 0 atom stereocenters. The first-order valence-electron chi connectivity index (χ1n) is 17.2. The van der Waals surface area contributed by atoms with Crippen LogP contribution in [0.3, 0.4) is 0 Å². The number of para-hydroxylation sites is 1. The first-order valence-corrected chi connectivity index (χ1v) is 17.2.